The van der Waals surface area contributed by atoms with Gasteiger partial charge in [-0.1, -0.05) is 52.3 Å². The van der Waals surface area contributed by atoms with Crippen LogP contribution >= 0.6 is 15.9 Å². The number of carbonyl (C=O) groups is 1. The molecule has 0 aliphatic heterocycles. The molecule has 1 amide bonds. The number of rotatable bonds is 8. The van der Waals surface area contributed by atoms with Gasteiger partial charge in [-0.3, -0.25) is 19.2 Å². The average molecular weight is 517 g/mol. The van der Waals surface area contributed by atoms with Gasteiger partial charge in [0.25, 0.3) is 21.6 Å². The fraction of sp³-hybridized carbons (Fsp3) is 0.0476. The van der Waals surface area contributed by atoms with Crippen molar-refractivity contribution in [2.75, 3.05) is 10.8 Å². The molecule has 0 bridgehead atoms. The highest BCUT2D eigenvalue weighted by atomic mass is 79.9. The van der Waals surface area contributed by atoms with Crippen LogP contribution < -0.4 is 9.73 Å². The Hall–Kier alpha value is -3.57. The highest BCUT2D eigenvalue weighted by Gasteiger charge is 2.28. The Morgan fingerprint density at radius 1 is 1.06 bits per heavy atom. The van der Waals surface area contributed by atoms with E-state index in [-0.39, 0.29) is 16.3 Å². The number of hydrogen-bond donors (Lipinski definition) is 1. The highest BCUT2D eigenvalue weighted by Crippen LogP contribution is 2.26. The van der Waals surface area contributed by atoms with E-state index in [9.17, 15) is 23.3 Å². The maximum Gasteiger partial charge on any atom is 0.271 e. The summed E-state index contributed by atoms with van der Waals surface area (Å²) < 4.78 is 28.1. The van der Waals surface area contributed by atoms with Gasteiger partial charge in [0.1, 0.15) is 6.54 Å². The molecule has 0 heterocycles. The van der Waals surface area contributed by atoms with Crippen molar-refractivity contribution < 1.29 is 18.1 Å². The minimum atomic E-state index is -4.18. The second-order valence-corrected chi connectivity index (χ2v) is 9.22. The molecule has 0 aromatic heterocycles. The smallest absolute Gasteiger partial charge is 0.271 e. The summed E-state index contributed by atoms with van der Waals surface area (Å²) in [6.07, 6.45) is 1.41. The Morgan fingerprint density at radius 3 is 2.41 bits per heavy atom. The SMILES string of the molecule is O=C(CN(c1cccc([N+](=O)[O-])c1)S(=O)(=O)c1ccccc1)N/N=C\c1ccc(Br)cc1. The van der Waals surface area contributed by atoms with E-state index in [1.165, 1.54) is 36.5 Å². The van der Waals surface area contributed by atoms with Gasteiger partial charge in [0.15, 0.2) is 0 Å². The number of benzene rings is 3. The molecule has 1 N–H and O–H groups in total. The molecule has 9 nitrogen and oxygen atoms in total. The largest absolute Gasteiger partial charge is 0.271 e. The summed E-state index contributed by atoms with van der Waals surface area (Å²) in [6.45, 7) is -0.629. The summed E-state index contributed by atoms with van der Waals surface area (Å²) >= 11 is 3.32. The average Bonchev–Trinajstić information content (AvgIpc) is 2.79. The van der Waals surface area contributed by atoms with Crippen molar-refractivity contribution >= 4 is 49.4 Å². The molecule has 0 fully saturated rings. The molecule has 0 atom stereocenters. The quantitative estimate of drug-likeness (QED) is 0.277. The number of carbonyl (C=O) groups excluding carboxylic acids is 1. The number of nitro groups is 1. The van der Waals surface area contributed by atoms with E-state index in [1.54, 1.807) is 42.5 Å². The van der Waals surface area contributed by atoms with Gasteiger partial charge in [0.05, 0.1) is 21.7 Å². The second kappa shape index (κ2) is 10.2. The first-order valence-electron chi connectivity index (χ1n) is 9.17. The molecular weight excluding hydrogens is 500 g/mol. The maximum absolute atomic E-state index is 13.2. The first-order chi connectivity index (χ1) is 15.3. The highest BCUT2D eigenvalue weighted by molar-refractivity contribution is 9.10. The summed E-state index contributed by atoms with van der Waals surface area (Å²) in [4.78, 5) is 22.9. The number of nitro benzene ring substituents is 1. The number of hydrogen-bond acceptors (Lipinski definition) is 6. The molecule has 0 saturated carbocycles. The molecule has 0 aliphatic carbocycles. The molecule has 11 heteroatoms. The molecule has 3 aromatic carbocycles. The number of nitrogens with one attached hydrogen (secondary N) is 1. The lowest BCUT2D eigenvalue weighted by Crippen LogP contribution is -2.39. The van der Waals surface area contributed by atoms with Crippen LogP contribution in [0.25, 0.3) is 0 Å². The van der Waals surface area contributed by atoms with Crippen molar-refractivity contribution in [3.05, 3.63) is 99.0 Å². The maximum atomic E-state index is 13.2. The molecule has 0 saturated heterocycles. The zero-order valence-corrected chi connectivity index (χ0v) is 18.9. The lowest BCUT2D eigenvalue weighted by molar-refractivity contribution is -0.384. The Labute approximate surface area is 192 Å². The van der Waals surface area contributed by atoms with Crippen molar-refractivity contribution in [2.45, 2.75) is 4.90 Å². The number of anilines is 1. The fourth-order valence-electron chi connectivity index (χ4n) is 2.69. The van der Waals surface area contributed by atoms with E-state index < -0.39 is 27.4 Å². The van der Waals surface area contributed by atoms with Gasteiger partial charge in [-0.05, 0) is 35.9 Å². The van der Waals surface area contributed by atoms with Crippen molar-refractivity contribution in [3.63, 3.8) is 0 Å². The molecule has 3 rings (SSSR count). The van der Waals surface area contributed by atoms with Crippen LogP contribution in [0.5, 0.6) is 0 Å². The predicted octanol–water partition coefficient (Wildman–Crippen LogP) is 3.70. The summed E-state index contributed by atoms with van der Waals surface area (Å²) in [5.74, 6) is -0.718. The number of nitrogens with zero attached hydrogens (tertiary/aromatic N) is 3. The monoisotopic (exact) mass is 516 g/mol. The third kappa shape index (κ3) is 5.77. The Kier molecular flexibility index (Phi) is 7.33. The minimum Gasteiger partial charge on any atom is -0.271 e. The number of amides is 1. The molecule has 0 unspecified atom stereocenters. The van der Waals surface area contributed by atoms with Gasteiger partial charge in [0.2, 0.25) is 0 Å². The van der Waals surface area contributed by atoms with Crippen LogP contribution in [0, 0.1) is 10.1 Å². The van der Waals surface area contributed by atoms with Crippen LogP contribution in [0.15, 0.2) is 93.3 Å². The van der Waals surface area contributed by atoms with E-state index in [2.05, 4.69) is 26.5 Å². The molecule has 0 spiro atoms. The first-order valence-corrected chi connectivity index (χ1v) is 11.4. The van der Waals surface area contributed by atoms with Crippen molar-refractivity contribution in [2.24, 2.45) is 5.10 Å². The van der Waals surface area contributed by atoms with Crippen molar-refractivity contribution in [3.8, 4) is 0 Å². The van der Waals surface area contributed by atoms with E-state index in [0.29, 0.717) is 0 Å². The molecule has 0 aliphatic rings. The van der Waals surface area contributed by atoms with E-state index in [0.717, 1.165) is 20.4 Å². The molecule has 3 aromatic rings. The van der Waals surface area contributed by atoms with Gasteiger partial charge in [-0.2, -0.15) is 5.10 Å². The molecule has 164 valence electrons. The van der Waals surface area contributed by atoms with Crippen LogP contribution in [-0.2, 0) is 14.8 Å². The fourth-order valence-corrected chi connectivity index (χ4v) is 4.39. The van der Waals surface area contributed by atoms with Crippen molar-refractivity contribution in [1.29, 1.82) is 0 Å². The van der Waals surface area contributed by atoms with Crippen LogP contribution in [0.4, 0.5) is 11.4 Å². The third-order valence-corrected chi connectivity index (χ3v) is 6.54. The standard InChI is InChI=1S/C21H17BrN4O5S/c22-17-11-9-16(10-12-17)14-23-24-21(27)15-25(18-5-4-6-19(13-18)26(28)29)32(30,31)20-7-2-1-3-8-20/h1-14H,15H2,(H,24,27)/b23-14-. The number of non-ortho nitro benzene ring substituents is 1. The summed E-state index contributed by atoms with van der Waals surface area (Å²) in [5, 5.41) is 15.0. The normalized spacial score (nSPS) is 11.3. The minimum absolute atomic E-state index is 0.0184. The van der Waals surface area contributed by atoms with Gasteiger partial charge >= 0.3 is 0 Å². The summed E-state index contributed by atoms with van der Waals surface area (Å²) in [5.41, 5.74) is 2.69. The van der Waals surface area contributed by atoms with E-state index in [4.69, 9.17) is 0 Å². The van der Waals surface area contributed by atoms with Gasteiger partial charge in [-0.15, -0.1) is 0 Å². The molecule has 32 heavy (non-hydrogen) atoms. The Morgan fingerprint density at radius 2 is 1.75 bits per heavy atom. The predicted molar refractivity (Wildman–Crippen MR) is 124 cm³/mol. The lowest BCUT2D eigenvalue weighted by Gasteiger charge is -2.23. The van der Waals surface area contributed by atoms with Crippen molar-refractivity contribution in [1.82, 2.24) is 5.43 Å². The molecular formula is C21H17BrN4O5S. The summed E-state index contributed by atoms with van der Waals surface area (Å²) in [7, 11) is -4.18. The van der Waals surface area contributed by atoms with Crippen LogP contribution in [0.1, 0.15) is 5.56 Å². The van der Waals surface area contributed by atoms with Gasteiger partial charge in [-0.25, -0.2) is 13.8 Å². The Bertz CT molecular complexity index is 1250. The first kappa shape index (κ1) is 23.1. The van der Waals surface area contributed by atoms with Gasteiger partial charge in [0, 0.05) is 16.6 Å². The number of hydrazone groups is 1. The number of halogens is 1. The zero-order valence-electron chi connectivity index (χ0n) is 16.5. The molecule has 0 radical (unpaired) electrons. The second-order valence-electron chi connectivity index (χ2n) is 6.45. The Balaban J connectivity index is 1.87. The summed E-state index contributed by atoms with van der Waals surface area (Å²) in [6, 6.07) is 19.7. The van der Waals surface area contributed by atoms with Crippen LogP contribution in [-0.4, -0.2) is 32.0 Å². The van der Waals surface area contributed by atoms with E-state index >= 15 is 0 Å². The topological polar surface area (TPSA) is 122 Å². The van der Waals surface area contributed by atoms with Crippen LogP contribution in [0.2, 0.25) is 0 Å². The van der Waals surface area contributed by atoms with Gasteiger partial charge < -0.3 is 0 Å². The van der Waals surface area contributed by atoms with Crippen LogP contribution in [0.3, 0.4) is 0 Å². The third-order valence-electron chi connectivity index (χ3n) is 4.22. The number of sulfonamides is 1. The van der Waals surface area contributed by atoms with E-state index in [1.807, 2.05) is 0 Å². The lowest BCUT2D eigenvalue weighted by atomic mass is 10.2. The zero-order chi connectivity index (χ0) is 23.1.